The molecule has 12 aromatic carbocycles. The zero-order valence-corrected chi connectivity index (χ0v) is 44.0. The average Bonchev–Trinajstić information content (AvgIpc) is 4.28. The van der Waals surface area contributed by atoms with E-state index in [-0.39, 0.29) is 0 Å². The third-order valence-corrected chi connectivity index (χ3v) is 19.6. The summed E-state index contributed by atoms with van der Waals surface area (Å²) >= 11 is 0. The van der Waals surface area contributed by atoms with E-state index < -0.39 is 22.4 Å². The van der Waals surface area contributed by atoms with Crippen LogP contribution >= 0.6 is 0 Å². The maximum absolute atomic E-state index is 5.75. The molecule has 0 saturated heterocycles. The quantitative estimate of drug-likeness (QED) is 0.188. The van der Waals surface area contributed by atoms with Crippen LogP contribution in [-0.2, 0) is 16.2 Å². The van der Waals surface area contributed by atoms with Gasteiger partial charge in [-0.3, -0.25) is 0 Å². The Bertz CT molecular complexity index is 4740. The Morgan fingerprint density at radius 2 is 0.481 bits per heavy atom. The summed E-state index contributed by atoms with van der Waals surface area (Å²) in [6.07, 6.45) is -0.554. The summed E-state index contributed by atoms with van der Waals surface area (Å²) in [5, 5.41) is 3.95. The second-order valence-electron chi connectivity index (χ2n) is 22.9. The van der Waals surface area contributed by atoms with Gasteiger partial charge in [-0.15, -0.1) is 0 Å². The van der Waals surface area contributed by atoms with Crippen LogP contribution in [0.15, 0.2) is 283 Å². The van der Waals surface area contributed by atoms with Crippen molar-refractivity contribution >= 4 is 11.7 Å². The first-order valence-electron chi connectivity index (χ1n) is 28.4. The fourth-order valence-corrected chi connectivity index (χ4v) is 16.7. The predicted octanol–water partition coefficient (Wildman–Crippen LogP) is 17.2. The Balaban J connectivity index is 0.821. The van der Waals surface area contributed by atoms with Crippen molar-refractivity contribution in [1.82, 2.24) is 5.32 Å². The molecule has 3 nitrogen and oxygen atoms in total. The van der Waals surface area contributed by atoms with Crippen LogP contribution in [0, 0.1) is 0 Å². The van der Waals surface area contributed by atoms with E-state index in [1.165, 1.54) is 134 Å². The molecule has 0 amide bonds. The van der Waals surface area contributed by atoms with Gasteiger partial charge in [0.05, 0.1) is 16.2 Å². The molecule has 1 heterocycles. The lowest BCUT2D eigenvalue weighted by molar-refractivity contribution is 0.751. The molecule has 6 aliphatic carbocycles. The molecular weight excluding hydrogens is 979 g/mol. The number of hydrogen-bond donors (Lipinski definition) is 1. The minimum Gasteiger partial charge on any atom is -0.324 e. The molecule has 374 valence electrons. The van der Waals surface area contributed by atoms with Gasteiger partial charge < -0.3 is 5.32 Å². The molecule has 0 radical (unpaired) electrons. The number of aliphatic imine (C=N–C) groups is 2. The summed E-state index contributed by atoms with van der Waals surface area (Å²) in [4.78, 5) is 11.5. The Kier molecular flexibility index (Phi) is 8.39. The molecule has 3 heteroatoms. The summed E-state index contributed by atoms with van der Waals surface area (Å²) in [6, 6.07) is 103. The van der Waals surface area contributed by atoms with Crippen LogP contribution in [0.4, 0.5) is 0 Å². The van der Waals surface area contributed by atoms with E-state index >= 15 is 0 Å². The third kappa shape index (κ3) is 5.22. The molecule has 1 atom stereocenters. The second kappa shape index (κ2) is 15.5. The molecule has 0 saturated carbocycles. The van der Waals surface area contributed by atoms with Crippen LogP contribution in [0.1, 0.15) is 89.6 Å². The number of fused-ring (bicyclic) bond motifs is 30. The van der Waals surface area contributed by atoms with Gasteiger partial charge in [-0.2, -0.15) is 0 Å². The highest BCUT2D eigenvalue weighted by Gasteiger charge is 2.55. The van der Waals surface area contributed by atoms with E-state index in [0.29, 0.717) is 0 Å². The van der Waals surface area contributed by atoms with Crippen molar-refractivity contribution in [3.05, 3.63) is 356 Å². The molecule has 81 heavy (non-hydrogen) atoms. The van der Waals surface area contributed by atoms with Gasteiger partial charge in [0.1, 0.15) is 11.7 Å². The van der Waals surface area contributed by atoms with Crippen LogP contribution in [-0.4, -0.2) is 11.7 Å². The number of amidine groups is 2. The molecule has 1 aliphatic heterocycles. The van der Waals surface area contributed by atoms with Crippen molar-refractivity contribution in [3.8, 4) is 66.8 Å². The van der Waals surface area contributed by atoms with Crippen molar-refractivity contribution in [2.45, 2.75) is 22.4 Å². The number of nitrogens with one attached hydrogen (secondary N) is 1. The van der Waals surface area contributed by atoms with Crippen molar-refractivity contribution in [2.75, 3.05) is 0 Å². The van der Waals surface area contributed by atoms with Gasteiger partial charge in [-0.25, -0.2) is 9.98 Å². The van der Waals surface area contributed by atoms with Gasteiger partial charge in [0, 0.05) is 11.1 Å². The maximum atomic E-state index is 5.75. The largest absolute Gasteiger partial charge is 0.324 e. The lowest BCUT2D eigenvalue weighted by atomic mass is 9.70. The lowest BCUT2D eigenvalue weighted by Gasteiger charge is -2.31. The number of benzene rings is 12. The SMILES string of the molecule is c1ccc2c(c1)-c1ccccc1C21c2ccccc2-c2cc(C3=NC(c4ccc5c(c4)-c4ccccc4C54c5ccccc5-c5ccccc54)N=C(c4ccc5c(c4)C4(c6ccccc6-c6ccccc64)c4ccccc4-5)N3)ccc21. The van der Waals surface area contributed by atoms with Crippen LogP contribution < -0.4 is 5.32 Å². The zero-order valence-electron chi connectivity index (χ0n) is 44.0. The van der Waals surface area contributed by atoms with Crippen molar-refractivity contribution in [1.29, 1.82) is 0 Å². The van der Waals surface area contributed by atoms with Gasteiger partial charge in [-0.1, -0.05) is 255 Å². The fourth-order valence-electron chi connectivity index (χ4n) is 16.7. The molecule has 0 bridgehead atoms. The van der Waals surface area contributed by atoms with E-state index in [2.05, 4.69) is 278 Å². The monoisotopic (exact) mass is 1030 g/mol. The minimum atomic E-state index is -0.554. The highest BCUT2D eigenvalue weighted by atomic mass is 15.2. The molecule has 0 fully saturated rings. The van der Waals surface area contributed by atoms with Gasteiger partial charge in [-0.05, 0) is 157 Å². The first kappa shape index (κ1) is 43.7. The summed E-state index contributed by atoms with van der Waals surface area (Å²) in [7, 11) is 0. The van der Waals surface area contributed by atoms with Crippen LogP contribution in [0.3, 0.4) is 0 Å². The van der Waals surface area contributed by atoms with Crippen molar-refractivity contribution in [2.24, 2.45) is 9.98 Å². The number of rotatable bonds is 3. The number of nitrogens with zero attached hydrogens (tertiary/aromatic N) is 2. The van der Waals surface area contributed by atoms with E-state index in [0.717, 1.165) is 28.4 Å². The molecule has 0 aromatic heterocycles. The fraction of sp³-hybridized carbons (Fsp3) is 0.0513. The van der Waals surface area contributed by atoms with Crippen molar-refractivity contribution in [3.63, 3.8) is 0 Å². The van der Waals surface area contributed by atoms with E-state index in [1.54, 1.807) is 0 Å². The smallest absolute Gasteiger partial charge is 0.169 e. The lowest BCUT2D eigenvalue weighted by Crippen LogP contribution is -2.36. The molecule has 12 aromatic rings. The second-order valence-corrected chi connectivity index (χ2v) is 22.9. The summed E-state index contributed by atoms with van der Waals surface area (Å²) in [5.74, 6) is 1.59. The summed E-state index contributed by atoms with van der Waals surface area (Å²) < 4.78 is 0. The standard InChI is InChI=1S/C78H47N3/c1-10-28-61-49(19-1)50-20-2-11-29-62(50)76(61)68-35-17-8-26-56(68)59-43-46(38-41-70(59)76)73-79-74(47-39-42-71-60(44-47)57-27-9-18-36-69(57)77(71)63-30-12-3-21-51(63)52-22-4-13-31-64(52)77)81-75(80-73)48-37-40-58-55-25-7-16-34-67(55)78(72(58)45-48)65-32-14-5-23-53(65)54-24-6-15-33-66(54)78/h1-45,73H,(H,79,80,81). The highest BCUT2D eigenvalue weighted by molar-refractivity contribution is 6.17. The summed E-state index contributed by atoms with van der Waals surface area (Å²) in [6.45, 7) is 0. The predicted molar refractivity (Wildman–Crippen MR) is 327 cm³/mol. The molecule has 3 spiro atoms. The normalized spacial score (nSPS) is 16.8. The van der Waals surface area contributed by atoms with Gasteiger partial charge in [0.15, 0.2) is 6.17 Å². The topological polar surface area (TPSA) is 36.8 Å². The first-order valence-corrected chi connectivity index (χ1v) is 28.4. The first-order chi connectivity index (χ1) is 40.2. The molecular formula is C78H47N3. The Hall–Kier alpha value is -10.2. The Labute approximate surface area is 470 Å². The Morgan fingerprint density at radius 1 is 0.222 bits per heavy atom. The van der Waals surface area contributed by atoms with Crippen LogP contribution in [0.5, 0.6) is 0 Å². The molecule has 7 aliphatic rings. The third-order valence-electron chi connectivity index (χ3n) is 19.6. The van der Waals surface area contributed by atoms with Crippen molar-refractivity contribution < 1.29 is 0 Å². The number of hydrogen-bond acceptors (Lipinski definition) is 3. The molecule has 1 N–H and O–H groups in total. The van der Waals surface area contributed by atoms with Gasteiger partial charge in [0.25, 0.3) is 0 Å². The highest BCUT2D eigenvalue weighted by Crippen LogP contribution is 2.66. The van der Waals surface area contributed by atoms with E-state index in [1.807, 2.05) is 0 Å². The molecule has 19 rings (SSSR count). The maximum Gasteiger partial charge on any atom is 0.169 e. The zero-order chi connectivity index (χ0) is 52.8. The summed E-state index contributed by atoms with van der Waals surface area (Å²) in [5.41, 5.74) is 32.8. The Morgan fingerprint density at radius 3 is 0.852 bits per heavy atom. The average molecular weight is 1030 g/mol. The van der Waals surface area contributed by atoms with Crippen LogP contribution in [0.25, 0.3) is 66.8 Å². The minimum absolute atomic E-state index is 0.442. The van der Waals surface area contributed by atoms with Crippen LogP contribution in [0.2, 0.25) is 0 Å². The van der Waals surface area contributed by atoms with E-state index in [4.69, 9.17) is 9.98 Å². The van der Waals surface area contributed by atoms with E-state index in [9.17, 15) is 0 Å². The molecule has 1 unspecified atom stereocenters. The van der Waals surface area contributed by atoms with Gasteiger partial charge in [0.2, 0.25) is 0 Å². The van der Waals surface area contributed by atoms with Gasteiger partial charge >= 0.3 is 0 Å².